The Morgan fingerprint density at radius 3 is 2.59 bits per heavy atom. The van der Waals surface area contributed by atoms with Crippen molar-refractivity contribution in [2.75, 3.05) is 13.2 Å². The summed E-state index contributed by atoms with van der Waals surface area (Å²) in [5, 5.41) is 16.5. The number of aromatic nitrogens is 1. The van der Waals surface area contributed by atoms with Gasteiger partial charge in [0.05, 0.1) is 17.7 Å². The summed E-state index contributed by atoms with van der Waals surface area (Å²) >= 11 is 8.09. The number of hydrogen-bond acceptors (Lipinski definition) is 10. The van der Waals surface area contributed by atoms with Crippen LogP contribution in [0.25, 0.3) is 11.3 Å². The summed E-state index contributed by atoms with van der Waals surface area (Å²) in [7, 11) is 0. The number of Topliss-reactive ketones (excluding diaryl/α,β-unsaturated/α-hetero) is 1. The number of ether oxygens (including phenoxy) is 2. The largest absolute Gasteiger partial charge is 0.490 e. The molecule has 56 heavy (non-hydrogen) atoms. The smallest absolute Gasteiger partial charge is 0.327 e. The second kappa shape index (κ2) is 14.0. The molecule has 0 spiro atoms. The molecule has 3 saturated carbocycles. The molecule has 12 nitrogen and oxygen atoms in total. The molecule has 0 bridgehead atoms. The lowest BCUT2D eigenvalue weighted by Crippen LogP contribution is -2.70. The first kappa shape index (κ1) is 39.2. The van der Waals surface area contributed by atoms with E-state index in [-0.39, 0.29) is 64.0 Å². The van der Waals surface area contributed by atoms with Crippen molar-refractivity contribution in [3.05, 3.63) is 46.2 Å². The number of β-lactam (4-membered cyclic amide) rings is 1. The number of carbonyl (C=O) groups is 5. The molecule has 2 aliphatic heterocycles. The molecule has 2 N–H and O–H groups in total. The third-order valence-corrected chi connectivity index (χ3v) is 16.2. The van der Waals surface area contributed by atoms with Crippen molar-refractivity contribution >= 4 is 52.7 Å². The predicted molar refractivity (Wildman–Crippen MR) is 208 cm³/mol. The number of fused-ring (bicyclic) bond motifs is 6. The van der Waals surface area contributed by atoms with E-state index >= 15 is 0 Å². The topological polar surface area (TPSA) is 165 Å². The molecule has 0 radical (unpaired) electrons. The van der Waals surface area contributed by atoms with Crippen molar-refractivity contribution in [2.45, 2.75) is 115 Å². The van der Waals surface area contributed by atoms with Crippen LogP contribution in [-0.2, 0) is 23.9 Å². The lowest BCUT2D eigenvalue weighted by atomic mass is 9.46. The fraction of sp³-hybridized carbons (Fsp3) is 0.619. The van der Waals surface area contributed by atoms with Crippen LogP contribution in [0.2, 0.25) is 5.02 Å². The van der Waals surface area contributed by atoms with Crippen LogP contribution in [-0.4, -0.2) is 86.0 Å². The number of aliphatic carboxylic acids is 1. The van der Waals surface area contributed by atoms with Gasteiger partial charge in [-0.3, -0.25) is 19.2 Å². The van der Waals surface area contributed by atoms with E-state index in [0.717, 1.165) is 38.5 Å². The fourth-order valence-electron chi connectivity index (χ4n) is 11.8. The number of hydrogen-bond donors (Lipinski definition) is 2. The highest BCUT2D eigenvalue weighted by Gasteiger charge is 2.65. The van der Waals surface area contributed by atoms with Gasteiger partial charge in [0.15, 0.2) is 5.78 Å². The summed E-state index contributed by atoms with van der Waals surface area (Å²) in [5.74, 6) is 0.251. The predicted octanol–water partition coefficient (Wildman–Crippen LogP) is 6.66. The van der Waals surface area contributed by atoms with Crippen molar-refractivity contribution in [1.82, 2.24) is 15.4 Å². The minimum atomic E-state index is -1.08. The van der Waals surface area contributed by atoms with E-state index < -0.39 is 40.0 Å². The van der Waals surface area contributed by atoms with Crippen molar-refractivity contribution in [3.8, 4) is 17.0 Å². The lowest BCUT2D eigenvalue weighted by molar-refractivity contribution is -0.159. The first-order valence-corrected chi connectivity index (χ1v) is 21.0. The molecule has 4 aliphatic carbocycles. The molecular formula is C42H50ClN3O9S. The quantitative estimate of drug-likeness (QED) is 0.195. The van der Waals surface area contributed by atoms with Gasteiger partial charge in [-0.05, 0) is 119 Å². The van der Waals surface area contributed by atoms with E-state index in [1.54, 1.807) is 45.9 Å². The van der Waals surface area contributed by atoms with Gasteiger partial charge in [-0.2, -0.15) is 0 Å². The van der Waals surface area contributed by atoms with Gasteiger partial charge in [-0.1, -0.05) is 36.2 Å². The SMILES string of the molecule is CC(=O)C1CCC2C3CCC4=CC(=O)CCC4(C)C3C(OCCOc3ccc(-c4noc(C)c4C(=O)NC4C(=O)N5C4SC(C)(C)C5C(=O)O)cc3Cl)CC12C. The Bertz CT molecular complexity index is 2050. The summed E-state index contributed by atoms with van der Waals surface area (Å²) in [5.41, 5.74) is 1.93. The van der Waals surface area contributed by atoms with Gasteiger partial charge in [0.2, 0.25) is 5.91 Å². The maximum absolute atomic E-state index is 13.6. The number of allylic oxidation sites excluding steroid dienone is 1. The number of nitrogens with one attached hydrogen (secondary N) is 1. The van der Waals surface area contributed by atoms with Crippen LogP contribution in [0.15, 0.2) is 34.4 Å². The highest BCUT2D eigenvalue weighted by atomic mass is 35.5. The first-order chi connectivity index (χ1) is 26.5. The zero-order valence-corrected chi connectivity index (χ0v) is 34.3. The molecular weight excluding hydrogens is 758 g/mol. The van der Waals surface area contributed by atoms with Crippen LogP contribution in [0.4, 0.5) is 0 Å². The number of ketones is 2. The lowest BCUT2D eigenvalue weighted by Gasteiger charge is -2.60. The zero-order valence-electron chi connectivity index (χ0n) is 32.7. The number of carboxylic acid groups (broad SMARTS) is 1. The molecule has 10 atom stereocenters. The van der Waals surface area contributed by atoms with Gasteiger partial charge in [-0.15, -0.1) is 11.8 Å². The number of benzene rings is 1. The Labute approximate surface area is 335 Å². The minimum absolute atomic E-state index is 0.0299. The molecule has 10 unspecified atom stereocenters. The molecule has 14 heteroatoms. The van der Waals surface area contributed by atoms with Crippen LogP contribution in [0.3, 0.4) is 0 Å². The highest BCUT2D eigenvalue weighted by Crippen LogP contribution is 2.67. The number of thioether (sulfide) groups is 1. The first-order valence-electron chi connectivity index (χ1n) is 19.7. The molecule has 1 aromatic heterocycles. The molecule has 2 amide bonds. The third-order valence-electron chi connectivity index (χ3n) is 14.3. The summed E-state index contributed by atoms with van der Waals surface area (Å²) in [6.07, 6.45) is 7.93. The molecule has 2 saturated heterocycles. The number of nitrogens with zero attached hydrogens (tertiary/aromatic N) is 2. The van der Waals surface area contributed by atoms with Gasteiger partial charge in [-0.25, -0.2) is 4.79 Å². The van der Waals surface area contributed by atoms with Crippen molar-refractivity contribution in [1.29, 1.82) is 0 Å². The zero-order chi connectivity index (χ0) is 40.1. The molecule has 5 fully saturated rings. The van der Waals surface area contributed by atoms with Crippen molar-refractivity contribution < 1.29 is 43.1 Å². The molecule has 8 rings (SSSR count). The number of carbonyl (C=O) groups excluding carboxylic acids is 4. The van der Waals surface area contributed by atoms with Gasteiger partial charge >= 0.3 is 5.97 Å². The number of aryl methyl sites for hydroxylation is 1. The summed E-state index contributed by atoms with van der Waals surface area (Å²) in [4.78, 5) is 65.3. The second-order valence-electron chi connectivity index (χ2n) is 17.8. The average Bonchev–Trinajstić information content (AvgIpc) is 3.78. The van der Waals surface area contributed by atoms with Crippen LogP contribution < -0.4 is 10.1 Å². The van der Waals surface area contributed by atoms with Crippen molar-refractivity contribution in [3.63, 3.8) is 0 Å². The maximum atomic E-state index is 13.6. The summed E-state index contributed by atoms with van der Waals surface area (Å²) < 4.78 is 17.6. The van der Waals surface area contributed by atoms with Crippen LogP contribution in [0.1, 0.15) is 95.7 Å². The Balaban J connectivity index is 0.942. The normalized spacial score (nSPS) is 35.4. The Morgan fingerprint density at radius 1 is 1.11 bits per heavy atom. The van der Waals surface area contributed by atoms with E-state index in [4.69, 9.17) is 25.6 Å². The van der Waals surface area contributed by atoms with Crippen LogP contribution >= 0.6 is 23.4 Å². The number of amides is 2. The van der Waals surface area contributed by atoms with Gasteiger partial charge in [0.1, 0.15) is 52.6 Å². The van der Waals surface area contributed by atoms with E-state index in [0.29, 0.717) is 41.2 Å². The summed E-state index contributed by atoms with van der Waals surface area (Å²) in [6.45, 7) is 12.1. The summed E-state index contributed by atoms with van der Waals surface area (Å²) in [6, 6.07) is 3.21. The third kappa shape index (κ3) is 6.13. The van der Waals surface area contributed by atoms with Crippen LogP contribution in [0, 0.1) is 41.4 Å². The molecule has 300 valence electrons. The van der Waals surface area contributed by atoms with Gasteiger partial charge in [0, 0.05) is 22.6 Å². The maximum Gasteiger partial charge on any atom is 0.327 e. The number of rotatable bonds is 10. The molecule has 2 aromatic rings. The molecule has 1 aromatic carbocycles. The van der Waals surface area contributed by atoms with Crippen LogP contribution in [0.5, 0.6) is 5.75 Å². The second-order valence-corrected chi connectivity index (χ2v) is 19.9. The standard InChI is InChI=1S/C42H50ClN3O9S/c1-20(47)26-10-11-27-25-9-8-23-18-24(48)13-14-41(23,5)32(25)30(19-42(26,27)6)54-16-15-53-29-12-7-22(17-28(29)43)33-31(21(2)55-45-33)36(49)44-34-37(50)46-35(39(51)52)40(3,4)56-38(34)46/h7,12,17-18,25-27,30,32,34-35,38H,8-11,13-16,19H2,1-6H3,(H,44,49)(H,51,52). The number of carboxylic acids is 1. The molecule has 3 heterocycles. The monoisotopic (exact) mass is 807 g/mol. The Kier molecular flexibility index (Phi) is 9.79. The minimum Gasteiger partial charge on any atom is -0.490 e. The Hall–Kier alpha value is -3.68. The highest BCUT2D eigenvalue weighted by molar-refractivity contribution is 8.01. The van der Waals surface area contributed by atoms with E-state index in [1.807, 2.05) is 6.08 Å². The van der Waals surface area contributed by atoms with Gasteiger partial charge in [0.25, 0.3) is 5.91 Å². The van der Waals surface area contributed by atoms with Crippen molar-refractivity contribution in [2.24, 2.45) is 34.5 Å². The van der Waals surface area contributed by atoms with E-state index in [1.165, 1.54) is 22.2 Å². The fourth-order valence-corrected chi connectivity index (χ4v) is 13.6. The average molecular weight is 808 g/mol. The van der Waals surface area contributed by atoms with E-state index in [9.17, 15) is 29.1 Å². The Morgan fingerprint density at radius 2 is 1.88 bits per heavy atom. The molecule has 6 aliphatic rings. The van der Waals surface area contributed by atoms with E-state index in [2.05, 4.69) is 24.3 Å². The van der Waals surface area contributed by atoms with Gasteiger partial charge < -0.3 is 29.3 Å². The number of halogens is 1.